The molecule has 1 aliphatic heterocycles. The maximum absolute atomic E-state index is 12.8. The quantitative estimate of drug-likeness (QED) is 0.806. The van der Waals surface area contributed by atoms with Gasteiger partial charge in [0, 0.05) is 29.0 Å². The van der Waals surface area contributed by atoms with Crippen LogP contribution in [0.15, 0.2) is 16.5 Å². The first-order chi connectivity index (χ1) is 12.7. The van der Waals surface area contributed by atoms with Crippen LogP contribution in [0.25, 0.3) is 11.0 Å². The highest BCUT2D eigenvalue weighted by Crippen LogP contribution is 2.45. The van der Waals surface area contributed by atoms with Gasteiger partial charge in [0.05, 0.1) is 6.10 Å². The summed E-state index contributed by atoms with van der Waals surface area (Å²) in [6, 6.07) is 3.87. The zero-order valence-electron chi connectivity index (χ0n) is 16.6. The Bertz CT molecular complexity index is 874. The average Bonchev–Trinajstić information content (AvgIpc) is 2.93. The predicted molar refractivity (Wildman–Crippen MR) is 104 cm³/mol. The SMILES string of the molecule is Cc1c(C(=O)NC2CCC(C)CC2)oc2ccc3c(c12)C(O)CC(C)(C)O3. The van der Waals surface area contributed by atoms with E-state index in [0.29, 0.717) is 23.5 Å². The minimum Gasteiger partial charge on any atom is -0.487 e. The molecule has 2 aromatic rings. The Morgan fingerprint density at radius 1 is 1.22 bits per heavy atom. The highest BCUT2D eigenvalue weighted by molar-refractivity contribution is 6.00. The number of aryl methyl sites for hydroxylation is 1. The number of nitrogens with one attached hydrogen (secondary N) is 1. The van der Waals surface area contributed by atoms with Gasteiger partial charge in [-0.2, -0.15) is 0 Å². The van der Waals surface area contributed by atoms with Crippen LogP contribution in [0.3, 0.4) is 0 Å². The standard InChI is InChI=1S/C22H29NO4/c1-12-5-7-14(8-6-12)23-21(25)20-13(2)18-16(26-20)9-10-17-19(18)15(24)11-22(3,4)27-17/h9-10,12,14-15,24H,5-8,11H2,1-4H3,(H,23,25). The van der Waals surface area contributed by atoms with E-state index >= 15 is 0 Å². The number of rotatable bonds is 2. The van der Waals surface area contributed by atoms with Crippen molar-refractivity contribution < 1.29 is 19.1 Å². The van der Waals surface area contributed by atoms with Crippen molar-refractivity contribution >= 4 is 16.9 Å². The van der Waals surface area contributed by atoms with Crippen LogP contribution in [-0.2, 0) is 0 Å². The van der Waals surface area contributed by atoms with E-state index in [9.17, 15) is 9.90 Å². The maximum atomic E-state index is 12.8. The number of hydrogen-bond acceptors (Lipinski definition) is 4. The summed E-state index contributed by atoms with van der Waals surface area (Å²) in [5.74, 6) is 1.59. The summed E-state index contributed by atoms with van der Waals surface area (Å²) in [6.07, 6.45) is 4.20. The van der Waals surface area contributed by atoms with Crippen LogP contribution in [0.5, 0.6) is 5.75 Å². The summed E-state index contributed by atoms with van der Waals surface area (Å²) in [5, 5.41) is 14.7. The second kappa shape index (κ2) is 6.55. The first kappa shape index (κ1) is 18.4. The molecule has 0 bridgehead atoms. The fourth-order valence-electron chi connectivity index (χ4n) is 4.55. The van der Waals surface area contributed by atoms with Gasteiger partial charge in [-0.25, -0.2) is 0 Å². The Kier molecular flexibility index (Phi) is 4.46. The summed E-state index contributed by atoms with van der Waals surface area (Å²) >= 11 is 0. The van der Waals surface area contributed by atoms with Gasteiger partial charge in [-0.15, -0.1) is 0 Å². The molecule has 1 fully saturated rings. The van der Waals surface area contributed by atoms with E-state index < -0.39 is 11.7 Å². The number of aliphatic hydroxyl groups is 1. The van der Waals surface area contributed by atoms with Gasteiger partial charge in [-0.05, 0) is 64.5 Å². The summed E-state index contributed by atoms with van der Waals surface area (Å²) in [4.78, 5) is 12.8. The van der Waals surface area contributed by atoms with Crippen molar-refractivity contribution in [2.75, 3.05) is 0 Å². The van der Waals surface area contributed by atoms with Gasteiger partial charge in [0.25, 0.3) is 5.91 Å². The Hall–Kier alpha value is -2.01. The highest BCUT2D eigenvalue weighted by Gasteiger charge is 2.36. The van der Waals surface area contributed by atoms with Gasteiger partial charge in [-0.3, -0.25) is 4.79 Å². The lowest BCUT2D eigenvalue weighted by atomic mass is 9.87. The van der Waals surface area contributed by atoms with Gasteiger partial charge < -0.3 is 19.6 Å². The van der Waals surface area contributed by atoms with Crippen molar-refractivity contribution in [3.63, 3.8) is 0 Å². The third kappa shape index (κ3) is 3.33. The molecule has 2 heterocycles. The molecule has 5 nitrogen and oxygen atoms in total. The van der Waals surface area contributed by atoms with E-state index in [-0.39, 0.29) is 11.9 Å². The molecule has 0 saturated heterocycles. The van der Waals surface area contributed by atoms with Gasteiger partial charge in [0.1, 0.15) is 16.9 Å². The molecule has 1 atom stereocenters. The van der Waals surface area contributed by atoms with E-state index in [1.165, 1.54) is 0 Å². The summed E-state index contributed by atoms with van der Waals surface area (Å²) in [6.45, 7) is 8.08. The number of hydrogen-bond donors (Lipinski definition) is 2. The molecule has 4 rings (SSSR count). The third-order valence-corrected chi connectivity index (χ3v) is 6.06. The molecule has 0 radical (unpaired) electrons. The molecular formula is C22H29NO4. The third-order valence-electron chi connectivity index (χ3n) is 6.06. The second-order valence-corrected chi connectivity index (χ2v) is 8.92. The van der Waals surface area contributed by atoms with Gasteiger partial charge in [0.2, 0.25) is 0 Å². The molecule has 1 aromatic carbocycles. The molecule has 27 heavy (non-hydrogen) atoms. The fraction of sp³-hybridized carbons (Fsp3) is 0.591. The highest BCUT2D eigenvalue weighted by atomic mass is 16.5. The number of benzene rings is 1. The molecule has 1 aliphatic carbocycles. The molecule has 1 unspecified atom stereocenters. The number of amides is 1. The van der Waals surface area contributed by atoms with Crippen molar-refractivity contribution in [1.82, 2.24) is 5.32 Å². The van der Waals surface area contributed by atoms with Crippen molar-refractivity contribution in [1.29, 1.82) is 0 Å². The lowest BCUT2D eigenvalue weighted by molar-refractivity contribution is 0.0126. The van der Waals surface area contributed by atoms with Crippen LogP contribution in [0.4, 0.5) is 0 Å². The number of fused-ring (bicyclic) bond motifs is 3. The monoisotopic (exact) mass is 371 g/mol. The van der Waals surface area contributed by atoms with E-state index in [4.69, 9.17) is 9.15 Å². The van der Waals surface area contributed by atoms with E-state index in [1.807, 2.05) is 32.9 Å². The molecule has 5 heteroatoms. The number of furan rings is 1. The Morgan fingerprint density at radius 2 is 1.93 bits per heavy atom. The molecule has 0 spiro atoms. The molecule has 1 aromatic heterocycles. The van der Waals surface area contributed by atoms with Crippen molar-refractivity contribution in [2.45, 2.75) is 77.5 Å². The zero-order chi connectivity index (χ0) is 19.3. The minimum atomic E-state index is -0.639. The molecule has 146 valence electrons. The Morgan fingerprint density at radius 3 is 2.63 bits per heavy atom. The summed E-state index contributed by atoms with van der Waals surface area (Å²) in [7, 11) is 0. The number of ether oxygens (including phenoxy) is 1. The smallest absolute Gasteiger partial charge is 0.287 e. The normalized spacial score (nSPS) is 27.1. The molecular weight excluding hydrogens is 342 g/mol. The molecule has 1 saturated carbocycles. The topological polar surface area (TPSA) is 71.7 Å². The van der Waals surface area contributed by atoms with Crippen LogP contribution in [0.1, 0.15) is 80.7 Å². The summed E-state index contributed by atoms with van der Waals surface area (Å²) < 4.78 is 12.0. The first-order valence-electron chi connectivity index (χ1n) is 9.99. The van der Waals surface area contributed by atoms with Gasteiger partial charge in [-0.1, -0.05) is 6.92 Å². The van der Waals surface area contributed by atoms with Gasteiger partial charge in [0.15, 0.2) is 5.76 Å². The number of carbonyl (C=O) groups is 1. The van der Waals surface area contributed by atoms with Crippen LogP contribution >= 0.6 is 0 Å². The maximum Gasteiger partial charge on any atom is 0.287 e. The first-order valence-corrected chi connectivity index (χ1v) is 9.99. The molecule has 2 aliphatic rings. The number of aliphatic hydroxyl groups excluding tert-OH is 1. The lowest BCUT2D eigenvalue weighted by Gasteiger charge is -2.35. The second-order valence-electron chi connectivity index (χ2n) is 8.92. The number of carbonyl (C=O) groups excluding carboxylic acids is 1. The largest absolute Gasteiger partial charge is 0.487 e. The zero-order valence-corrected chi connectivity index (χ0v) is 16.6. The molecule has 1 amide bonds. The summed E-state index contributed by atoms with van der Waals surface area (Å²) in [5.41, 5.74) is 1.70. The molecule has 2 N–H and O–H groups in total. The van der Waals surface area contributed by atoms with Crippen LogP contribution in [-0.4, -0.2) is 22.7 Å². The van der Waals surface area contributed by atoms with E-state index in [2.05, 4.69) is 12.2 Å². The average molecular weight is 371 g/mol. The van der Waals surface area contributed by atoms with Crippen molar-refractivity contribution in [3.05, 3.63) is 29.0 Å². The Balaban J connectivity index is 1.67. The lowest BCUT2D eigenvalue weighted by Crippen LogP contribution is -2.37. The van der Waals surface area contributed by atoms with Crippen LogP contribution in [0.2, 0.25) is 0 Å². The van der Waals surface area contributed by atoms with E-state index in [1.54, 1.807) is 0 Å². The van der Waals surface area contributed by atoms with Crippen molar-refractivity contribution in [3.8, 4) is 5.75 Å². The predicted octanol–water partition coefficient (Wildman–Crippen LogP) is 4.64. The van der Waals surface area contributed by atoms with Gasteiger partial charge >= 0.3 is 0 Å². The Labute approximate surface area is 160 Å². The minimum absolute atomic E-state index is 0.163. The van der Waals surface area contributed by atoms with Crippen LogP contribution in [0, 0.1) is 12.8 Å². The fourth-order valence-corrected chi connectivity index (χ4v) is 4.55. The van der Waals surface area contributed by atoms with Crippen LogP contribution < -0.4 is 10.1 Å². The van der Waals surface area contributed by atoms with Crippen molar-refractivity contribution in [2.24, 2.45) is 5.92 Å². The van der Waals surface area contributed by atoms with E-state index in [0.717, 1.165) is 48.1 Å².